The highest BCUT2D eigenvalue weighted by molar-refractivity contribution is 9.10. The van der Waals surface area contributed by atoms with Crippen molar-refractivity contribution in [2.24, 2.45) is 0 Å². The first-order valence-electron chi connectivity index (χ1n) is 8.13. The van der Waals surface area contributed by atoms with Crippen molar-refractivity contribution in [3.8, 4) is 0 Å². The Bertz CT molecular complexity index is 1010. The van der Waals surface area contributed by atoms with Crippen LogP contribution in [0.2, 0.25) is 0 Å². The second-order valence-corrected chi connectivity index (χ2v) is 6.69. The number of carbonyl (C=O) groups is 2. The van der Waals surface area contributed by atoms with Crippen LogP contribution in [0.4, 0.5) is 5.82 Å². The third-order valence-electron chi connectivity index (χ3n) is 4.18. The number of carbonyl (C=O) groups excluding carboxylic acids is 2. The van der Waals surface area contributed by atoms with Gasteiger partial charge in [-0.2, -0.15) is 5.10 Å². The zero-order chi connectivity index (χ0) is 18.1. The maximum absolute atomic E-state index is 12.3. The van der Waals surface area contributed by atoms with E-state index in [0.29, 0.717) is 17.7 Å². The Morgan fingerprint density at radius 3 is 2.46 bits per heavy atom. The summed E-state index contributed by atoms with van der Waals surface area (Å²) in [4.78, 5) is 25.8. The molecule has 7 heteroatoms. The van der Waals surface area contributed by atoms with Crippen LogP contribution in [0, 0.1) is 0 Å². The first-order valence-corrected chi connectivity index (χ1v) is 8.92. The normalized spacial score (nSPS) is 13.8. The van der Waals surface area contributed by atoms with Crippen LogP contribution >= 0.6 is 15.9 Å². The predicted octanol–water partition coefficient (Wildman–Crippen LogP) is 3.36. The SMILES string of the molecule is O=C1c2ccccc2C(=O)N1C/C=C/CNc1cc2c(Br)cccn2n1. The van der Waals surface area contributed by atoms with Gasteiger partial charge < -0.3 is 5.32 Å². The second-order valence-electron chi connectivity index (χ2n) is 5.83. The van der Waals surface area contributed by atoms with E-state index in [1.165, 1.54) is 4.90 Å². The second kappa shape index (κ2) is 6.76. The Morgan fingerprint density at radius 2 is 1.77 bits per heavy atom. The lowest BCUT2D eigenvalue weighted by atomic mass is 10.1. The van der Waals surface area contributed by atoms with E-state index in [2.05, 4.69) is 26.3 Å². The van der Waals surface area contributed by atoms with Crippen LogP contribution in [0.15, 0.2) is 65.3 Å². The summed E-state index contributed by atoms with van der Waals surface area (Å²) in [7, 11) is 0. The van der Waals surface area contributed by atoms with Gasteiger partial charge in [0, 0.05) is 29.8 Å². The van der Waals surface area contributed by atoms with E-state index >= 15 is 0 Å². The quantitative estimate of drug-likeness (QED) is 0.517. The van der Waals surface area contributed by atoms with E-state index < -0.39 is 0 Å². The zero-order valence-electron chi connectivity index (χ0n) is 13.7. The van der Waals surface area contributed by atoms with E-state index in [4.69, 9.17) is 0 Å². The fourth-order valence-corrected chi connectivity index (χ4v) is 3.35. The molecular weight excluding hydrogens is 396 g/mol. The summed E-state index contributed by atoms with van der Waals surface area (Å²) in [5.74, 6) is 0.268. The molecule has 0 bridgehead atoms. The van der Waals surface area contributed by atoms with Crippen LogP contribution in [0.5, 0.6) is 0 Å². The fraction of sp³-hybridized carbons (Fsp3) is 0.105. The molecule has 0 unspecified atom stereocenters. The third kappa shape index (κ3) is 2.90. The number of pyridine rings is 1. The van der Waals surface area contributed by atoms with Gasteiger partial charge in [-0.25, -0.2) is 4.52 Å². The summed E-state index contributed by atoms with van der Waals surface area (Å²) in [6, 6.07) is 12.7. The first-order chi connectivity index (χ1) is 12.6. The minimum atomic E-state index is -0.242. The van der Waals surface area contributed by atoms with Crippen LogP contribution in [0.25, 0.3) is 5.52 Å². The lowest BCUT2D eigenvalue weighted by Gasteiger charge is -2.10. The molecule has 130 valence electrons. The molecule has 0 aliphatic carbocycles. The van der Waals surface area contributed by atoms with Gasteiger partial charge in [-0.15, -0.1) is 0 Å². The number of amides is 2. The molecule has 3 heterocycles. The number of hydrogen-bond donors (Lipinski definition) is 1. The van der Waals surface area contributed by atoms with Crippen LogP contribution in [-0.2, 0) is 0 Å². The van der Waals surface area contributed by atoms with Crippen LogP contribution in [-0.4, -0.2) is 39.4 Å². The molecule has 0 saturated heterocycles. The van der Waals surface area contributed by atoms with Crippen molar-refractivity contribution in [2.75, 3.05) is 18.4 Å². The highest BCUT2D eigenvalue weighted by Crippen LogP contribution is 2.22. The number of aromatic nitrogens is 2. The minimum Gasteiger partial charge on any atom is -0.365 e. The van der Waals surface area contributed by atoms with Crippen molar-refractivity contribution in [2.45, 2.75) is 0 Å². The van der Waals surface area contributed by atoms with Crippen molar-refractivity contribution in [3.63, 3.8) is 0 Å². The molecule has 0 saturated carbocycles. The first kappa shape index (κ1) is 16.5. The van der Waals surface area contributed by atoms with Gasteiger partial charge in [-0.05, 0) is 40.2 Å². The largest absolute Gasteiger partial charge is 0.365 e. The summed E-state index contributed by atoms with van der Waals surface area (Å²) in [5.41, 5.74) is 1.92. The molecule has 0 fully saturated rings. The van der Waals surface area contributed by atoms with Gasteiger partial charge in [-0.3, -0.25) is 14.5 Å². The van der Waals surface area contributed by atoms with E-state index in [0.717, 1.165) is 15.8 Å². The Kier molecular flexibility index (Phi) is 4.30. The summed E-state index contributed by atoms with van der Waals surface area (Å²) in [5, 5.41) is 7.62. The van der Waals surface area contributed by atoms with Crippen molar-refractivity contribution in [1.29, 1.82) is 0 Å². The molecule has 26 heavy (non-hydrogen) atoms. The molecule has 1 aliphatic rings. The van der Waals surface area contributed by atoms with Gasteiger partial charge in [-0.1, -0.05) is 24.3 Å². The zero-order valence-corrected chi connectivity index (χ0v) is 15.3. The van der Waals surface area contributed by atoms with Gasteiger partial charge >= 0.3 is 0 Å². The number of rotatable bonds is 5. The van der Waals surface area contributed by atoms with Crippen LogP contribution in [0.3, 0.4) is 0 Å². The molecule has 4 rings (SSSR count). The van der Waals surface area contributed by atoms with Crippen LogP contribution < -0.4 is 5.32 Å². The van der Waals surface area contributed by atoms with Gasteiger partial charge in [0.25, 0.3) is 11.8 Å². The molecule has 0 spiro atoms. The molecule has 0 radical (unpaired) electrons. The number of hydrogen-bond acceptors (Lipinski definition) is 4. The fourth-order valence-electron chi connectivity index (χ4n) is 2.90. The summed E-state index contributed by atoms with van der Waals surface area (Å²) in [6.07, 6.45) is 5.56. The molecule has 2 aromatic heterocycles. The van der Waals surface area contributed by atoms with E-state index in [-0.39, 0.29) is 18.4 Å². The maximum Gasteiger partial charge on any atom is 0.261 e. The molecular formula is C19H15BrN4O2. The number of benzene rings is 1. The number of halogens is 1. The Morgan fingerprint density at radius 1 is 1.04 bits per heavy atom. The van der Waals surface area contributed by atoms with Gasteiger partial charge in [0.05, 0.1) is 16.6 Å². The average molecular weight is 411 g/mol. The van der Waals surface area contributed by atoms with Crippen molar-refractivity contribution in [1.82, 2.24) is 14.5 Å². The van der Waals surface area contributed by atoms with Crippen molar-refractivity contribution < 1.29 is 9.59 Å². The van der Waals surface area contributed by atoms with Crippen molar-refractivity contribution >= 4 is 39.1 Å². The third-order valence-corrected chi connectivity index (χ3v) is 4.85. The number of nitrogens with one attached hydrogen (secondary N) is 1. The van der Waals surface area contributed by atoms with E-state index in [1.54, 1.807) is 34.9 Å². The van der Waals surface area contributed by atoms with E-state index in [9.17, 15) is 9.59 Å². The smallest absolute Gasteiger partial charge is 0.261 e. The Hall–Kier alpha value is -2.93. The molecule has 1 N–H and O–H groups in total. The average Bonchev–Trinajstić information content (AvgIpc) is 3.17. The molecule has 1 aromatic carbocycles. The topological polar surface area (TPSA) is 66.7 Å². The van der Waals surface area contributed by atoms with Crippen LogP contribution in [0.1, 0.15) is 20.7 Å². The summed E-state index contributed by atoms with van der Waals surface area (Å²) in [6.45, 7) is 0.801. The maximum atomic E-state index is 12.3. The highest BCUT2D eigenvalue weighted by atomic mass is 79.9. The van der Waals surface area contributed by atoms with Gasteiger partial charge in [0.15, 0.2) is 0 Å². The molecule has 0 atom stereocenters. The summed E-state index contributed by atoms with van der Waals surface area (Å²) >= 11 is 3.49. The Labute approximate surface area is 158 Å². The van der Waals surface area contributed by atoms with E-state index in [1.807, 2.05) is 30.5 Å². The lowest BCUT2D eigenvalue weighted by Crippen LogP contribution is -2.29. The monoisotopic (exact) mass is 410 g/mol. The van der Waals surface area contributed by atoms with Crippen molar-refractivity contribution in [3.05, 3.63) is 76.4 Å². The number of anilines is 1. The number of imide groups is 1. The number of nitrogens with zero attached hydrogens (tertiary/aromatic N) is 3. The molecule has 6 nitrogen and oxygen atoms in total. The predicted molar refractivity (Wildman–Crippen MR) is 102 cm³/mol. The summed E-state index contributed by atoms with van der Waals surface area (Å²) < 4.78 is 2.76. The van der Waals surface area contributed by atoms with Gasteiger partial charge in [0.2, 0.25) is 0 Å². The highest BCUT2D eigenvalue weighted by Gasteiger charge is 2.33. The minimum absolute atomic E-state index is 0.242. The lowest BCUT2D eigenvalue weighted by molar-refractivity contribution is 0.0672. The molecule has 3 aromatic rings. The van der Waals surface area contributed by atoms with Gasteiger partial charge in [0.1, 0.15) is 5.82 Å². The Balaban J connectivity index is 1.35. The number of fused-ring (bicyclic) bond motifs is 2. The molecule has 1 aliphatic heterocycles. The standard InChI is InChI=1S/C19H15BrN4O2/c20-15-8-5-11-24-16(15)12-17(22-24)21-9-3-4-10-23-18(25)13-6-1-2-7-14(13)19(23)26/h1-8,11-12H,9-10H2,(H,21,22)/b4-3+. The molecule has 2 amide bonds.